The summed E-state index contributed by atoms with van der Waals surface area (Å²) in [5, 5.41) is 7.18. The Balaban J connectivity index is 1.29. The molecule has 4 aromatic heterocycles. The van der Waals surface area contributed by atoms with E-state index in [1.165, 1.54) is 19.1 Å². The number of nitrogens with zero attached hydrogens (tertiary/aromatic N) is 7. The number of hydrogen-bond acceptors (Lipinski definition) is 8. The van der Waals surface area contributed by atoms with Gasteiger partial charge in [-0.15, -0.1) is 0 Å². The molecule has 176 valence electrons. The summed E-state index contributed by atoms with van der Waals surface area (Å²) in [4.78, 5) is 19.9. The van der Waals surface area contributed by atoms with E-state index in [2.05, 4.69) is 30.3 Å². The highest BCUT2D eigenvalue weighted by Gasteiger charge is 2.17. The number of benzene rings is 1. The van der Waals surface area contributed by atoms with E-state index in [1.807, 2.05) is 12.1 Å². The zero-order valence-electron chi connectivity index (χ0n) is 19.1. The first kappa shape index (κ1) is 21.2. The predicted molar refractivity (Wildman–Crippen MR) is 131 cm³/mol. The van der Waals surface area contributed by atoms with E-state index in [9.17, 15) is 0 Å². The van der Waals surface area contributed by atoms with Crippen LogP contribution < -0.4 is 15.0 Å². The molecule has 9 nitrogen and oxygen atoms in total. The van der Waals surface area contributed by atoms with Crippen molar-refractivity contribution in [2.75, 3.05) is 23.3 Å². The van der Waals surface area contributed by atoms with Gasteiger partial charge in [0, 0.05) is 30.9 Å². The van der Waals surface area contributed by atoms with Crippen molar-refractivity contribution in [3.05, 3.63) is 66.6 Å². The fourth-order valence-corrected chi connectivity index (χ4v) is 4.31. The fraction of sp³-hybridized carbons (Fsp3) is 0.240. The molecule has 0 aliphatic carbocycles. The van der Waals surface area contributed by atoms with Gasteiger partial charge in [-0.3, -0.25) is 0 Å². The summed E-state index contributed by atoms with van der Waals surface area (Å²) in [6.07, 6.45) is 8.21. The number of ether oxygens (including phenoxy) is 1. The Morgan fingerprint density at radius 1 is 0.971 bits per heavy atom. The van der Waals surface area contributed by atoms with Gasteiger partial charge in [0.2, 0.25) is 0 Å². The Hall–Kier alpha value is -4.34. The minimum absolute atomic E-state index is 0.285. The number of nitrogens with one attached hydrogen (secondary N) is 1. The fourth-order valence-electron chi connectivity index (χ4n) is 4.31. The van der Waals surface area contributed by atoms with E-state index in [-0.39, 0.29) is 5.69 Å². The first-order valence-corrected chi connectivity index (χ1v) is 11.6. The lowest BCUT2D eigenvalue weighted by Gasteiger charge is -2.27. The van der Waals surface area contributed by atoms with Crippen LogP contribution in [0.5, 0.6) is 11.5 Å². The molecule has 1 fully saturated rings. The van der Waals surface area contributed by atoms with E-state index in [4.69, 9.17) is 9.72 Å². The maximum Gasteiger partial charge on any atom is 0.160 e. The van der Waals surface area contributed by atoms with E-state index in [0.717, 1.165) is 31.7 Å². The van der Waals surface area contributed by atoms with E-state index in [0.29, 0.717) is 39.6 Å². The van der Waals surface area contributed by atoms with Crippen LogP contribution >= 0.6 is 0 Å². The molecule has 1 aliphatic heterocycles. The van der Waals surface area contributed by atoms with Gasteiger partial charge in [0.25, 0.3) is 0 Å². The van der Waals surface area contributed by atoms with Crippen molar-refractivity contribution in [1.29, 1.82) is 0 Å². The van der Waals surface area contributed by atoms with E-state index in [1.54, 1.807) is 41.9 Å². The van der Waals surface area contributed by atoms with Gasteiger partial charge in [-0.05, 0) is 56.5 Å². The molecule has 0 radical (unpaired) electrons. The highest BCUT2D eigenvalue weighted by molar-refractivity contribution is 5.88. The van der Waals surface area contributed by atoms with E-state index < -0.39 is 5.82 Å². The van der Waals surface area contributed by atoms with Gasteiger partial charge in [-0.25, -0.2) is 28.8 Å². The number of anilines is 3. The molecular formula is C25H23FN8O. The third-order valence-electron chi connectivity index (χ3n) is 6.22. The molecule has 1 saturated heterocycles. The second-order valence-electron chi connectivity index (χ2n) is 8.51. The minimum atomic E-state index is -0.426. The highest BCUT2D eigenvalue weighted by atomic mass is 19.1. The zero-order valence-corrected chi connectivity index (χ0v) is 19.1. The maximum atomic E-state index is 15.4. The molecule has 0 unspecified atom stereocenters. The normalized spacial score (nSPS) is 13.9. The van der Waals surface area contributed by atoms with Crippen molar-refractivity contribution in [2.45, 2.75) is 26.2 Å². The number of aromatic nitrogens is 6. The molecular weight excluding hydrogens is 447 g/mol. The number of hydrogen-bond donors (Lipinski definition) is 1. The molecule has 10 heteroatoms. The number of halogens is 1. The van der Waals surface area contributed by atoms with Crippen molar-refractivity contribution in [2.24, 2.45) is 0 Å². The molecule has 1 aliphatic rings. The molecule has 1 N–H and O–H groups in total. The van der Waals surface area contributed by atoms with Crippen LogP contribution in [0.25, 0.3) is 16.7 Å². The smallest absolute Gasteiger partial charge is 0.160 e. The standard InChI is InChI=1S/C25H23FN8O/c1-16-20(35-17-9-12-34-22(13-17)28-15-30-34)7-5-18(23(16)26)31-25-24-19(27-14-29-25)6-8-21(32-24)33-10-3-2-4-11-33/h5-9,12-15H,2-4,10-11H2,1H3,(H,27,29,31). The van der Waals surface area contributed by atoms with Crippen molar-refractivity contribution in [3.63, 3.8) is 0 Å². The first-order chi connectivity index (χ1) is 17.2. The molecule has 0 spiro atoms. The lowest BCUT2D eigenvalue weighted by molar-refractivity contribution is 0.471. The summed E-state index contributed by atoms with van der Waals surface area (Å²) in [5.41, 5.74) is 2.61. The van der Waals surface area contributed by atoms with Crippen molar-refractivity contribution in [3.8, 4) is 11.5 Å². The van der Waals surface area contributed by atoms with Gasteiger partial charge in [0.1, 0.15) is 35.5 Å². The lowest BCUT2D eigenvalue weighted by atomic mass is 10.1. The molecule has 1 aromatic carbocycles. The number of fused-ring (bicyclic) bond motifs is 2. The second kappa shape index (κ2) is 8.79. The van der Waals surface area contributed by atoms with Crippen LogP contribution in [-0.2, 0) is 0 Å². The third kappa shape index (κ3) is 4.07. The maximum absolute atomic E-state index is 15.4. The summed E-state index contributed by atoms with van der Waals surface area (Å²) >= 11 is 0. The zero-order chi connectivity index (χ0) is 23.8. The molecule has 0 atom stereocenters. The molecule has 5 heterocycles. The Labute approximate surface area is 200 Å². The topological polar surface area (TPSA) is 93.4 Å². The van der Waals surface area contributed by atoms with Crippen molar-refractivity contribution < 1.29 is 9.13 Å². The second-order valence-corrected chi connectivity index (χ2v) is 8.51. The quantitative estimate of drug-likeness (QED) is 0.382. The van der Waals surface area contributed by atoms with Crippen LogP contribution in [0.4, 0.5) is 21.7 Å². The number of pyridine rings is 2. The highest BCUT2D eigenvalue weighted by Crippen LogP contribution is 2.33. The van der Waals surface area contributed by atoms with Crippen LogP contribution in [0, 0.1) is 12.7 Å². The van der Waals surface area contributed by atoms with Crippen LogP contribution in [0.1, 0.15) is 24.8 Å². The molecule has 0 bridgehead atoms. The Kier molecular flexibility index (Phi) is 5.32. The van der Waals surface area contributed by atoms with Gasteiger partial charge in [0.15, 0.2) is 17.3 Å². The third-order valence-corrected chi connectivity index (χ3v) is 6.22. The lowest BCUT2D eigenvalue weighted by Crippen LogP contribution is -2.30. The average molecular weight is 471 g/mol. The van der Waals surface area contributed by atoms with E-state index >= 15 is 4.39 Å². The molecule has 0 amide bonds. The SMILES string of the molecule is Cc1c(Oc2ccn3ncnc3c2)ccc(Nc2ncnc3ccc(N4CCCCC4)nc23)c1F. The van der Waals surface area contributed by atoms with Gasteiger partial charge in [-0.2, -0.15) is 5.10 Å². The van der Waals surface area contributed by atoms with Crippen LogP contribution in [0.2, 0.25) is 0 Å². The van der Waals surface area contributed by atoms with Gasteiger partial charge >= 0.3 is 0 Å². The van der Waals surface area contributed by atoms with Crippen LogP contribution in [0.3, 0.4) is 0 Å². The Bertz CT molecular complexity index is 1530. The molecule has 5 aromatic rings. The summed E-state index contributed by atoms with van der Waals surface area (Å²) in [6, 6.07) is 10.8. The van der Waals surface area contributed by atoms with Crippen molar-refractivity contribution in [1.82, 2.24) is 29.5 Å². The summed E-state index contributed by atoms with van der Waals surface area (Å²) in [6.45, 7) is 3.64. The summed E-state index contributed by atoms with van der Waals surface area (Å²) in [7, 11) is 0. The number of rotatable bonds is 5. The summed E-state index contributed by atoms with van der Waals surface area (Å²) in [5.74, 6) is 1.88. The van der Waals surface area contributed by atoms with Crippen molar-refractivity contribution >= 4 is 34.0 Å². The number of piperidine rings is 1. The predicted octanol–water partition coefficient (Wildman–Crippen LogP) is 5.04. The molecule has 6 rings (SSSR count). The Morgan fingerprint density at radius 2 is 1.86 bits per heavy atom. The average Bonchev–Trinajstić information content (AvgIpc) is 3.37. The first-order valence-electron chi connectivity index (χ1n) is 11.6. The molecule has 35 heavy (non-hydrogen) atoms. The Morgan fingerprint density at radius 3 is 2.74 bits per heavy atom. The van der Waals surface area contributed by atoms with Gasteiger partial charge in [0.05, 0.1) is 11.2 Å². The minimum Gasteiger partial charge on any atom is -0.457 e. The largest absolute Gasteiger partial charge is 0.457 e. The monoisotopic (exact) mass is 470 g/mol. The van der Waals surface area contributed by atoms with Gasteiger partial charge in [-0.1, -0.05) is 0 Å². The van der Waals surface area contributed by atoms with Crippen LogP contribution in [-0.4, -0.2) is 42.6 Å². The van der Waals surface area contributed by atoms with Gasteiger partial charge < -0.3 is 15.0 Å². The summed E-state index contributed by atoms with van der Waals surface area (Å²) < 4.78 is 22.9. The van der Waals surface area contributed by atoms with Crippen LogP contribution in [0.15, 0.2) is 55.2 Å². The molecule has 0 saturated carbocycles.